The second-order valence-electron chi connectivity index (χ2n) is 9.54. The van der Waals surface area contributed by atoms with E-state index in [0.717, 1.165) is 5.69 Å². The summed E-state index contributed by atoms with van der Waals surface area (Å²) in [5.41, 5.74) is 0.896. The summed E-state index contributed by atoms with van der Waals surface area (Å²) in [6, 6.07) is 8.50. The topological polar surface area (TPSA) is 96.7 Å². The Morgan fingerprint density at radius 2 is 1.77 bits per heavy atom. The Balaban J connectivity index is 1.83. The third-order valence-electron chi connectivity index (χ3n) is 4.74. The minimum atomic E-state index is -3.73. The summed E-state index contributed by atoms with van der Waals surface area (Å²) in [5, 5.41) is 7.62. The van der Waals surface area contributed by atoms with Gasteiger partial charge in [0.1, 0.15) is 10.7 Å². The molecule has 9 heteroatoms. The average molecular weight is 432 g/mol. The number of likely N-dealkylation sites (N-methyl/N-ethyl adjacent to an activating group) is 1. The van der Waals surface area contributed by atoms with Crippen molar-refractivity contribution in [1.82, 2.24) is 14.7 Å². The Labute approximate surface area is 178 Å². The lowest BCUT2D eigenvalue weighted by atomic mass is 9.92. The number of nitrogens with one attached hydrogen (secondary N) is 1. The number of nitrogens with zero attached hydrogens (tertiary/aromatic N) is 4. The highest BCUT2D eigenvalue weighted by atomic mass is 32.2. The second kappa shape index (κ2) is 7.23. The minimum absolute atomic E-state index is 0.0527. The molecule has 0 aliphatic carbocycles. The number of amidine groups is 1. The third kappa shape index (κ3) is 4.26. The maximum absolute atomic E-state index is 12.8. The van der Waals surface area contributed by atoms with Gasteiger partial charge >= 0.3 is 0 Å². The van der Waals surface area contributed by atoms with Gasteiger partial charge in [0, 0.05) is 24.1 Å². The Bertz CT molecular complexity index is 1120. The van der Waals surface area contributed by atoms with Crippen molar-refractivity contribution >= 4 is 27.6 Å². The first kappa shape index (κ1) is 22.0. The van der Waals surface area contributed by atoms with E-state index < -0.39 is 10.0 Å². The van der Waals surface area contributed by atoms with Crippen LogP contribution in [0.3, 0.4) is 0 Å². The van der Waals surface area contributed by atoms with E-state index in [-0.39, 0.29) is 34.1 Å². The molecule has 0 bridgehead atoms. The fourth-order valence-corrected chi connectivity index (χ4v) is 4.44. The van der Waals surface area contributed by atoms with Crippen LogP contribution in [0.4, 0.5) is 5.82 Å². The third-order valence-corrected chi connectivity index (χ3v) is 6.06. The van der Waals surface area contributed by atoms with Crippen molar-refractivity contribution < 1.29 is 13.2 Å². The first-order chi connectivity index (χ1) is 13.7. The maximum Gasteiger partial charge on any atom is 0.285 e. The molecule has 0 saturated carbocycles. The summed E-state index contributed by atoms with van der Waals surface area (Å²) in [6.45, 7) is 12.2. The molecule has 0 fully saturated rings. The fourth-order valence-electron chi connectivity index (χ4n) is 3.18. The summed E-state index contributed by atoms with van der Waals surface area (Å²) in [6.07, 6.45) is 0. The molecule has 0 spiro atoms. The SMILES string of the molecule is CN(CC(=O)Nc1cc(C(C)(C)C)nn1C(C)(C)C)C1=NS(=O)(=O)c2ccccc21. The molecule has 1 aromatic carbocycles. The quantitative estimate of drug-likeness (QED) is 0.806. The number of rotatable bonds is 3. The number of aromatic nitrogens is 2. The Hall–Kier alpha value is -2.68. The molecule has 0 saturated heterocycles. The van der Waals surface area contributed by atoms with Gasteiger partial charge in [0.2, 0.25) is 5.91 Å². The lowest BCUT2D eigenvalue weighted by Crippen LogP contribution is -2.36. The van der Waals surface area contributed by atoms with Gasteiger partial charge in [-0.05, 0) is 32.9 Å². The Kier molecular flexibility index (Phi) is 5.30. The van der Waals surface area contributed by atoms with Crippen LogP contribution in [0.1, 0.15) is 52.8 Å². The summed E-state index contributed by atoms with van der Waals surface area (Å²) in [5.74, 6) is 0.584. The summed E-state index contributed by atoms with van der Waals surface area (Å²) >= 11 is 0. The molecule has 1 N–H and O–H groups in total. The number of hydrogen-bond acceptors (Lipinski definition) is 5. The molecule has 0 radical (unpaired) electrons. The molecule has 1 aliphatic heterocycles. The van der Waals surface area contributed by atoms with Crippen LogP contribution in [0.2, 0.25) is 0 Å². The summed E-state index contributed by atoms with van der Waals surface area (Å²) < 4.78 is 30.2. The van der Waals surface area contributed by atoms with E-state index in [9.17, 15) is 13.2 Å². The zero-order valence-corrected chi connectivity index (χ0v) is 19.3. The zero-order valence-electron chi connectivity index (χ0n) is 18.5. The van der Waals surface area contributed by atoms with Crippen LogP contribution in [-0.4, -0.2) is 48.4 Å². The van der Waals surface area contributed by atoms with Gasteiger partial charge in [-0.1, -0.05) is 32.9 Å². The van der Waals surface area contributed by atoms with Crippen LogP contribution in [0.5, 0.6) is 0 Å². The van der Waals surface area contributed by atoms with Crippen LogP contribution in [0.15, 0.2) is 39.6 Å². The van der Waals surface area contributed by atoms with Crippen molar-refractivity contribution in [3.8, 4) is 0 Å². The van der Waals surface area contributed by atoms with Gasteiger partial charge in [-0.2, -0.15) is 13.5 Å². The largest absolute Gasteiger partial charge is 0.349 e. The van der Waals surface area contributed by atoms with Crippen molar-refractivity contribution in [2.45, 2.75) is 57.4 Å². The number of hydrogen-bond donors (Lipinski definition) is 1. The van der Waals surface area contributed by atoms with Gasteiger partial charge < -0.3 is 10.2 Å². The van der Waals surface area contributed by atoms with E-state index >= 15 is 0 Å². The van der Waals surface area contributed by atoms with Crippen molar-refractivity contribution in [3.63, 3.8) is 0 Å². The van der Waals surface area contributed by atoms with Crippen LogP contribution in [-0.2, 0) is 25.8 Å². The van der Waals surface area contributed by atoms with Gasteiger partial charge in [-0.15, -0.1) is 4.40 Å². The van der Waals surface area contributed by atoms with Crippen LogP contribution in [0.25, 0.3) is 0 Å². The van der Waals surface area contributed by atoms with Gasteiger partial charge in [0.05, 0.1) is 17.8 Å². The predicted molar refractivity (Wildman–Crippen MR) is 117 cm³/mol. The van der Waals surface area contributed by atoms with Crippen molar-refractivity contribution in [3.05, 3.63) is 41.6 Å². The van der Waals surface area contributed by atoms with Gasteiger partial charge in [0.15, 0.2) is 5.84 Å². The molecule has 162 valence electrons. The Morgan fingerprint density at radius 3 is 2.37 bits per heavy atom. The molecule has 2 aromatic rings. The normalized spacial score (nSPS) is 15.5. The predicted octanol–water partition coefficient (Wildman–Crippen LogP) is 2.96. The number of carbonyl (C=O) groups is 1. The number of fused-ring (bicyclic) bond motifs is 1. The summed E-state index contributed by atoms with van der Waals surface area (Å²) in [4.78, 5) is 14.5. The van der Waals surface area contributed by atoms with E-state index in [4.69, 9.17) is 5.10 Å². The zero-order chi connectivity index (χ0) is 22.5. The number of carbonyl (C=O) groups excluding carboxylic acids is 1. The lowest BCUT2D eigenvalue weighted by molar-refractivity contribution is -0.116. The maximum atomic E-state index is 12.8. The van der Waals surface area contributed by atoms with Crippen molar-refractivity contribution in [2.75, 3.05) is 18.9 Å². The smallest absolute Gasteiger partial charge is 0.285 e. The molecule has 1 amide bonds. The number of benzene rings is 1. The lowest BCUT2D eigenvalue weighted by Gasteiger charge is -2.23. The highest BCUT2D eigenvalue weighted by Gasteiger charge is 2.31. The van der Waals surface area contributed by atoms with E-state index in [0.29, 0.717) is 11.4 Å². The van der Waals surface area contributed by atoms with E-state index in [1.165, 1.54) is 6.07 Å². The molecule has 2 heterocycles. The van der Waals surface area contributed by atoms with Crippen molar-refractivity contribution in [1.29, 1.82) is 0 Å². The average Bonchev–Trinajstić information content (AvgIpc) is 3.14. The summed E-state index contributed by atoms with van der Waals surface area (Å²) in [7, 11) is -2.08. The number of amides is 1. The van der Waals surface area contributed by atoms with Crippen LogP contribution < -0.4 is 5.32 Å². The molecule has 3 rings (SSSR count). The molecular formula is C21H29N5O3S. The van der Waals surface area contributed by atoms with Gasteiger partial charge in [-0.25, -0.2) is 4.68 Å². The second-order valence-corrected chi connectivity index (χ2v) is 11.1. The minimum Gasteiger partial charge on any atom is -0.349 e. The van der Waals surface area contributed by atoms with Gasteiger partial charge in [-0.3, -0.25) is 4.79 Å². The molecule has 30 heavy (non-hydrogen) atoms. The standard InChI is InChI=1S/C21H29N5O3S/c1-20(2,3)16-12-17(26(23-16)21(4,5)6)22-18(27)13-25(7)19-14-10-8-9-11-15(14)30(28,29)24-19/h8-12H,13H2,1-7H3,(H,22,27). The Morgan fingerprint density at radius 1 is 1.13 bits per heavy atom. The molecule has 8 nitrogen and oxygen atoms in total. The van der Waals surface area contributed by atoms with Crippen molar-refractivity contribution in [2.24, 2.45) is 4.40 Å². The first-order valence-corrected chi connectivity index (χ1v) is 11.2. The molecule has 1 aromatic heterocycles. The van der Waals surface area contributed by atoms with Crippen LogP contribution in [0, 0.1) is 0 Å². The first-order valence-electron chi connectivity index (χ1n) is 9.76. The monoisotopic (exact) mass is 431 g/mol. The van der Waals surface area contributed by atoms with E-state index in [1.54, 1.807) is 34.8 Å². The van der Waals surface area contributed by atoms with E-state index in [1.807, 2.05) is 26.8 Å². The molecule has 0 unspecified atom stereocenters. The molecule has 0 atom stereocenters. The molecule has 1 aliphatic rings. The number of anilines is 1. The fraction of sp³-hybridized carbons (Fsp3) is 0.476. The van der Waals surface area contributed by atoms with Crippen LogP contribution >= 0.6 is 0 Å². The molecular weight excluding hydrogens is 402 g/mol. The van der Waals surface area contributed by atoms with E-state index in [2.05, 4.69) is 30.5 Å². The highest BCUT2D eigenvalue weighted by Crippen LogP contribution is 2.29. The van der Waals surface area contributed by atoms with Gasteiger partial charge in [0.25, 0.3) is 10.0 Å². The number of sulfonamides is 1. The highest BCUT2D eigenvalue weighted by molar-refractivity contribution is 7.90.